The molecule has 9 heteroatoms. The van der Waals surface area contributed by atoms with Crippen LogP contribution >= 0.6 is 12.4 Å². The lowest BCUT2D eigenvalue weighted by molar-refractivity contribution is -0.384. The van der Waals surface area contributed by atoms with Crippen molar-refractivity contribution in [3.63, 3.8) is 0 Å². The highest BCUT2D eigenvalue weighted by Crippen LogP contribution is 2.18. The van der Waals surface area contributed by atoms with E-state index >= 15 is 0 Å². The summed E-state index contributed by atoms with van der Waals surface area (Å²) in [4.78, 5) is 10.0. The number of sulfonamides is 1. The van der Waals surface area contributed by atoms with Crippen LogP contribution in [0.25, 0.3) is 0 Å². The summed E-state index contributed by atoms with van der Waals surface area (Å²) >= 11 is 0. The van der Waals surface area contributed by atoms with Crippen LogP contribution in [0.4, 0.5) is 5.69 Å². The molecule has 1 heterocycles. The Morgan fingerprint density at radius 2 is 1.95 bits per heavy atom. The monoisotopic (exact) mass is 335 g/mol. The van der Waals surface area contributed by atoms with E-state index in [0.29, 0.717) is 18.7 Å². The molecule has 1 atom stereocenters. The molecule has 1 fully saturated rings. The zero-order valence-corrected chi connectivity index (χ0v) is 13.0. The second kappa shape index (κ2) is 7.17. The number of nitro groups is 1. The van der Waals surface area contributed by atoms with Crippen LogP contribution in [0.1, 0.15) is 18.4 Å². The standard InChI is InChI=1S/C12H17N3O4S.ClH/c13-11-2-1-7-14(8-11)20(18,19)9-10-3-5-12(6-4-10)15(16)17;/h3-6,11H,1-2,7-9,13H2;1H/t11-;/m1./s1. The largest absolute Gasteiger partial charge is 0.327 e. The average Bonchev–Trinajstić information content (AvgIpc) is 2.39. The highest BCUT2D eigenvalue weighted by atomic mass is 35.5. The van der Waals surface area contributed by atoms with Gasteiger partial charge in [0, 0.05) is 31.3 Å². The number of nitrogens with two attached hydrogens (primary N) is 1. The van der Waals surface area contributed by atoms with Gasteiger partial charge in [-0.3, -0.25) is 10.1 Å². The lowest BCUT2D eigenvalue weighted by Gasteiger charge is -2.29. The molecular formula is C12H18ClN3O4S. The van der Waals surface area contributed by atoms with Crippen molar-refractivity contribution in [1.82, 2.24) is 4.31 Å². The van der Waals surface area contributed by atoms with Gasteiger partial charge >= 0.3 is 0 Å². The van der Waals surface area contributed by atoms with Gasteiger partial charge in [-0.1, -0.05) is 12.1 Å². The Kier molecular flexibility index (Phi) is 6.09. The van der Waals surface area contributed by atoms with Crippen LogP contribution < -0.4 is 5.73 Å². The molecule has 0 radical (unpaired) electrons. The van der Waals surface area contributed by atoms with Gasteiger partial charge in [0.05, 0.1) is 10.7 Å². The highest BCUT2D eigenvalue weighted by Gasteiger charge is 2.27. The van der Waals surface area contributed by atoms with Gasteiger partial charge in [0.25, 0.3) is 5.69 Å². The number of hydrogen-bond donors (Lipinski definition) is 1. The minimum absolute atomic E-state index is 0. The SMILES string of the molecule is Cl.N[C@@H]1CCCN(S(=O)(=O)Cc2ccc([N+](=O)[O-])cc2)C1. The van der Waals surface area contributed by atoms with Crippen molar-refractivity contribution in [3.05, 3.63) is 39.9 Å². The van der Waals surface area contributed by atoms with Crippen molar-refractivity contribution in [2.24, 2.45) is 5.73 Å². The van der Waals surface area contributed by atoms with E-state index in [1.807, 2.05) is 0 Å². The maximum Gasteiger partial charge on any atom is 0.269 e. The van der Waals surface area contributed by atoms with Crippen LogP contribution in [-0.2, 0) is 15.8 Å². The fourth-order valence-corrected chi connectivity index (χ4v) is 3.86. The minimum Gasteiger partial charge on any atom is -0.327 e. The number of non-ortho nitro benzene ring substituents is 1. The molecule has 0 amide bonds. The number of piperidine rings is 1. The van der Waals surface area contributed by atoms with Crippen molar-refractivity contribution in [1.29, 1.82) is 0 Å². The Morgan fingerprint density at radius 3 is 2.48 bits per heavy atom. The first-order valence-corrected chi connectivity index (χ1v) is 7.96. The number of nitrogens with zero attached hydrogens (tertiary/aromatic N) is 2. The molecule has 0 aliphatic carbocycles. The molecule has 0 saturated carbocycles. The predicted molar refractivity (Wildman–Crippen MR) is 81.8 cm³/mol. The number of benzene rings is 1. The third-order valence-electron chi connectivity index (χ3n) is 3.31. The molecule has 7 nitrogen and oxygen atoms in total. The summed E-state index contributed by atoms with van der Waals surface area (Å²) in [5.41, 5.74) is 6.27. The van der Waals surface area contributed by atoms with Gasteiger partial charge in [-0.05, 0) is 18.4 Å². The molecule has 0 unspecified atom stereocenters. The lowest BCUT2D eigenvalue weighted by atomic mass is 10.1. The van der Waals surface area contributed by atoms with E-state index in [1.165, 1.54) is 28.6 Å². The molecule has 2 N–H and O–H groups in total. The summed E-state index contributed by atoms with van der Waals surface area (Å²) in [7, 11) is -3.42. The van der Waals surface area contributed by atoms with Gasteiger partial charge in [-0.25, -0.2) is 12.7 Å². The van der Waals surface area contributed by atoms with Gasteiger partial charge in [-0.15, -0.1) is 12.4 Å². The van der Waals surface area contributed by atoms with Gasteiger partial charge in [-0.2, -0.15) is 0 Å². The first kappa shape index (κ1) is 17.8. The third kappa shape index (κ3) is 4.63. The molecule has 1 aliphatic heterocycles. The second-order valence-corrected chi connectivity index (χ2v) is 6.91. The van der Waals surface area contributed by atoms with Gasteiger partial charge in [0.1, 0.15) is 0 Å². The third-order valence-corrected chi connectivity index (χ3v) is 5.13. The molecule has 0 aromatic heterocycles. The summed E-state index contributed by atoms with van der Waals surface area (Å²) in [5.74, 6) is -0.155. The van der Waals surface area contributed by atoms with E-state index in [2.05, 4.69) is 0 Å². The van der Waals surface area contributed by atoms with E-state index in [1.54, 1.807) is 0 Å². The first-order valence-electron chi connectivity index (χ1n) is 6.35. The van der Waals surface area contributed by atoms with E-state index in [4.69, 9.17) is 5.73 Å². The average molecular weight is 336 g/mol. The van der Waals surface area contributed by atoms with Crippen molar-refractivity contribution in [2.45, 2.75) is 24.6 Å². The zero-order valence-electron chi connectivity index (χ0n) is 11.3. The smallest absolute Gasteiger partial charge is 0.269 e. The first-order chi connectivity index (χ1) is 9.38. The summed E-state index contributed by atoms with van der Waals surface area (Å²) in [5, 5.41) is 10.5. The summed E-state index contributed by atoms with van der Waals surface area (Å²) in [6.45, 7) is 0.832. The Bertz CT molecular complexity index is 591. The van der Waals surface area contributed by atoms with Crippen LogP contribution in [0.15, 0.2) is 24.3 Å². The number of halogens is 1. The van der Waals surface area contributed by atoms with E-state index in [9.17, 15) is 18.5 Å². The number of nitro benzene ring substituents is 1. The molecule has 0 spiro atoms. The molecular weight excluding hydrogens is 318 g/mol. The van der Waals surface area contributed by atoms with E-state index in [-0.39, 0.29) is 29.9 Å². The van der Waals surface area contributed by atoms with E-state index < -0.39 is 14.9 Å². The predicted octanol–water partition coefficient (Wildman–Crippen LogP) is 1.27. The highest BCUT2D eigenvalue weighted by molar-refractivity contribution is 7.88. The molecule has 118 valence electrons. The Morgan fingerprint density at radius 1 is 1.33 bits per heavy atom. The van der Waals surface area contributed by atoms with Crippen LogP contribution in [0.5, 0.6) is 0 Å². The van der Waals surface area contributed by atoms with Crippen LogP contribution in [-0.4, -0.2) is 36.8 Å². The Balaban J connectivity index is 0.00000220. The van der Waals surface area contributed by atoms with Gasteiger partial charge in [0.2, 0.25) is 10.0 Å². The van der Waals surface area contributed by atoms with Crippen molar-refractivity contribution >= 4 is 28.1 Å². The van der Waals surface area contributed by atoms with Crippen molar-refractivity contribution in [3.8, 4) is 0 Å². The Hall–Kier alpha value is -1.22. The second-order valence-electron chi connectivity index (χ2n) is 4.94. The maximum absolute atomic E-state index is 12.3. The summed E-state index contributed by atoms with van der Waals surface area (Å²) in [6, 6.07) is 5.45. The summed E-state index contributed by atoms with van der Waals surface area (Å²) in [6.07, 6.45) is 1.60. The minimum atomic E-state index is -3.42. The van der Waals surface area contributed by atoms with Crippen molar-refractivity contribution in [2.75, 3.05) is 13.1 Å². The fourth-order valence-electron chi connectivity index (χ4n) is 2.24. The van der Waals surface area contributed by atoms with Crippen LogP contribution in [0, 0.1) is 10.1 Å². The number of rotatable bonds is 4. The number of hydrogen-bond acceptors (Lipinski definition) is 5. The van der Waals surface area contributed by atoms with Crippen molar-refractivity contribution < 1.29 is 13.3 Å². The van der Waals surface area contributed by atoms with Crippen LogP contribution in [0.2, 0.25) is 0 Å². The zero-order chi connectivity index (χ0) is 14.8. The van der Waals surface area contributed by atoms with Gasteiger partial charge in [0.15, 0.2) is 0 Å². The van der Waals surface area contributed by atoms with Crippen LogP contribution in [0.3, 0.4) is 0 Å². The molecule has 2 rings (SSSR count). The lowest BCUT2D eigenvalue weighted by Crippen LogP contribution is -2.46. The molecule has 21 heavy (non-hydrogen) atoms. The maximum atomic E-state index is 12.3. The Labute approximate surface area is 129 Å². The summed E-state index contributed by atoms with van der Waals surface area (Å²) < 4.78 is 25.9. The molecule has 1 aliphatic rings. The van der Waals surface area contributed by atoms with E-state index in [0.717, 1.165) is 12.8 Å². The normalized spacial score (nSPS) is 19.8. The molecule has 0 bridgehead atoms. The fraction of sp³-hybridized carbons (Fsp3) is 0.500. The quantitative estimate of drug-likeness (QED) is 0.658. The molecule has 1 aromatic rings. The molecule has 1 aromatic carbocycles. The topological polar surface area (TPSA) is 107 Å². The van der Waals surface area contributed by atoms with Gasteiger partial charge < -0.3 is 5.73 Å². The molecule has 1 saturated heterocycles.